The Kier molecular flexibility index (Phi) is 3.14. The zero-order valence-corrected chi connectivity index (χ0v) is 10.4. The molecule has 1 unspecified atom stereocenters. The first kappa shape index (κ1) is 11.8. The fraction of sp³-hybridized carbons (Fsp3) is 0.571. The second-order valence-corrected chi connectivity index (χ2v) is 5.16. The molecule has 1 atom stereocenters. The first-order valence-corrected chi connectivity index (χ1v) is 6.57. The van der Waals surface area contributed by atoms with E-state index in [0.29, 0.717) is 26.2 Å². The van der Waals surface area contributed by atoms with Crippen LogP contribution in [-0.4, -0.2) is 37.0 Å². The maximum atomic E-state index is 10.4. The van der Waals surface area contributed by atoms with Crippen molar-refractivity contribution in [2.45, 2.75) is 24.9 Å². The van der Waals surface area contributed by atoms with Crippen LogP contribution in [0, 0.1) is 0 Å². The van der Waals surface area contributed by atoms with E-state index in [0.717, 1.165) is 36.4 Å². The van der Waals surface area contributed by atoms with E-state index in [1.165, 1.54) is 0 Å². The molecule has 0 aliphatic carbocycles. The second kappa shape index (κ2) is 4.78. The van der Waals surface area contributed by atoms with Crippen molar-refractivity contribution in [1.82, 2.24) is 5.32 Å². The third-order valence-electron chi connectivity index (χ3n) is 3.57. The van der Waals surface area contributed by atoms with Crippen molar-refractivity contribution in [2.24, 2.45) is 0 Å². The van der Waals surface area contributed by atoms with Crippen LogP contribution in [0.2, 0.25) is 0 Å². The second-order valence-electron chi connectivity index (χ2n) is 5.16. The summed E-state index contributed by atoms with van der Waals surface area (Å²) in [6.45, 7) is 2.96. The Morgan fingerprint density at radius 1 is 1.22 bits per heavy atom. The van der Waals surface area contributed by atoms with Gasteiger partial charge in [0.05, 0.1) is 18.8 Å². The molecule has 0 amide bonds. The Balaban J connectivity index is 1.79. The van der Waals surface area contributed by atoms with Gasteiger partial charge in [0.2, 0.25) is 0 Å². The lowest BCUT2D eigenvalue weighted by Crippen LogP contribution is -2.33. The lowest BCUT2D eigenvalue weighted by molar-refractivity contribution is 0.0618. The zero-order valence-electron chi connectivity index (χ0n) is 10.4. The first-order chi connectivity index (χ1) is 8.75. The quantitative estimate of drug-likeness (QED) is 0.824. The molecule has 2 N–H and O–H groups in total. The van der Waals surface area contributed by atoms with E-state index in [2.05, 4.69) is 5.32 Å². The highest BCUT2D eigenvalue weighted by Gasteiger charge is 2.31. The molecule has 1 aromatic rings. The number of fused-ring (bicyclic) bond motifs is 1. The monoisotopic (exact) mass is 249 g/mol. The Hall–Kier alpha value is -1.26. The lowest BCUT2D eigenvalue weighted by atomic mass is 9.93. The number of hydrogen-bond acceptors (Lipinski definition) is 4. The van der Waals surface area contributed by atoms with E-state index < -0.39 is 5.60 Å². The van der Waals surface area contributed by atoms with Gasteiger partial charge in [0.15, 0.2) is 11.5 Å². The Labute approximate surface area is 107 Å². The van der Waals surface area contributed by atoms with E-state index in [9.17, 15) is 5.11 Å². The van der Waals surface area contributed by atoms with E-state index in [1.54, 1.807) is 0 Å². The summed E-state index contributed by atoms with van der Waals surface area (Å²) in [4.78, 5) is 0. The third kappa shape index (κ3) is 2.44. The van der Waals surface area contributed by atoms with Crippen molar-refractivity contribution in [2.75, 3.05) is 26.3 Å². The van der Waals surface area contributed by atoms with E-state index in [4.69, 9.17) is 9.47 Å². The Morgan fingerprint density at radius 3 is 2.83 bits per heavy atom. The molecule has 4 nitrogen and oxygen atoms in total. The van der Waals surface area contributed by atoms with Gasteiger partial charge in [-0.05, 0) is 30.7 Å². The summed E-state index contributed by atoms with van der Waals surface area (Å²) in [5.74, 6) is 1.62. The highest BCUT2D eigenvalue weighted by molar-refractivity contribution is 5.43. The molecule has 0 bridgehead atoms. The molecule has 1 aromatic carbocycles. The van der Waals surface area contributed by atoms with Gasteiger partial charge in [-0.25, -0.2) is 0 Å². The largest absolute Gasteiger partial charge is 0.490 e. The molecular formula is C14H19NO3. The van der Waals surface area contributed by atoms with Crippen molar-refractivity contribution in [3.63, 3.8) is 0 Å². The standard InChI is InChI=1S/C14H19NO3/c16-14(4-5-15-10-14)9-11-2-3-12-13(8-11)18-7-1-6-17-12/h2-3,8,15-16H,1,4-7,9-10H2. The van der Waals surface area contributed by atoms with Crippen molar-refractivity contribution >= 4 is 0 Å². The summed E-state index contributed by atoms with van der Waals surface area (Å²) in [7, 11) is 0. The first-order valence-electron chi connectivity index (χ1n) is 6.57. The minimum atomic E-state index is -0.611. The average molecular weight is 249 g/mol. The van der Waals surface area contributed by atoms with Gasteiger partial charge in [0.25, 0.3) is 0 Å². The van der Waals surface area contributed by atoms with Gasteiger partial charge in [0, 0.05) is 19.4 Å². The molecule has 0 spiro atoms. The lowest BCUT2D eigenvalue weighted by Gasteiger charge is -2.21. The molecule has 4 heteroatoms. The summed E-state index contributed by atoms with van der Waals surface area (Å²) >= 11 is 0. The van der Waals surface area contributed by atoms with Crippen molar-refractivity contribution in [3.05, 3.63) is 23.8 Å². The van der Waals surface area contributed by atoms with Crippen LogP contribution in [-0.2, 0) is 6.42 Å². The number of benzene rings is 1. The molecular weight excluding hydrogens is 230 g/mol. The van der Waals surface area contributed by atoms with E-state index in [1.807, 2.05) is 18.2 Å². The number of nitrogens with one attached hydrogen (secondary N) is 1. The normalized spacial score (nSPS) is 26.9. The maximum absolute atomic E-state index is 10.4. The molecule has 0 radical (unpaired) electrons. The topological polar surface area (TPSA) is 50.7 Å². The number of β-amino-alcohol motifs (C(OH)–C–C–N with tert-alkyl or cyclic N) is 1. The summed E-state index contributed by atoms with van der Waals surface area (Å²) in [5, 5.41) is 13.6. The van der Waals surface area contributed by atoms with Crippen LogP contribution in [0.15, 0.2) is 18.2 Å². The van der Waals surface area contributed by atoms with Gasteiger partial charge in [-0.2, -0.15) is 0 Å². The predicted molar refractivity (Wildman–Crippen MR) is 68.2 cm³/mol. The summed E-state index contributed by atoms with van der Waals surface area (Å²) in [6.07, 6.45) is 2.38. The van der Waals surface area contributed by atoms with Crippen LogP contribution in [0.3, 0.4) is 0 Å². The van der Waals surface area contributed by atoms with Crippen LogP contribution < -0.4 is 14.8 Å². The number of ether oxygens (including phenoxy) is 2. The minimum absolute atomic E-state index is 0.611. The fourth-order valence-electron chi connectivity index (χ4n) is 2.58. The van der Waals surface area contributed by atoms with Crippen LogP contribution >= 0.6 is 0 Å². The molecule has 2 aliphatic heterocycles. The number of hydrogen-bond donors (Lipinski definition) is 2. The Morgan fingerprint density at radius 2 is 2.06 bits per heavy atom. The van der Waals surface area contributed by atoms with Gasteiger partial charge < -0.3 is 19.9 Å². The van der Waals surface area contributed by atoms with Gasteiger partial charge in [-0.15, -0.1) is 0 Å². The summed E-state index contributed by atoms with van der Waals surface area (Å²) < 4.78 is 11.3. The molecule has 1 saturated heterocycles. The number of rotatable bonds is 2. The van der Waals surface area contributed by atoms with Crippen LogP contribution in [0.5, 0.6) is 11.5 Å². The van der Waals surface area contributed by atoms with E-state index in [-0.39, 0.29) is 0 Å². The van der Waals surface area contributed by atoms with Gasteiger partial charge in [-0.1, -0.05) is 6.07 Å². The van der Waals surface area contributed by atoms with Crippen LogP contribution in [0.4, 0.5) is 0 Å². The predicted octanol–water partition coefficient (Wildman–Crippen LogP) is 1.11. The van der Waals surface area contributed by atoms with Gasteiger partial charge in [0.1, 0.15) is 0 Å². The van der Waals surface area contributed by atoms with Gasteiger partial charge >= 0.3 is 0 Å². The average Bonchev–Trinajstić information content (AvgIpc) is 2.64. The molecule has 3 rings (SSSR count). The minimum Gasteiger partial charge on any atom is -0.490 e. The molecule has 2 aliphatic rings. The van der Waals surface area contributed by atoms with Crippen molar-refractivity contribution in [1.29, 1.82) is 0 Å². The molecule has 18 heavy (non-hydrogen) atoms. The Bertz CT molecular complexity index is 427. The van der Waals surface area contributed by atoms with Gasteiger partial charge in [-0.3, -0.25) is 0 Å². The number of aliphatic hydroxyl groups is 1. The smallest absolute Gasteiger partial charge is 0.161 e. The molecule has 1 fully saturated rings. The highest BCUT2D eigenvalue weighted by atomic mass is 16.5. The summed E-state index contributed by atoms with van der Waals surface area (Å²) in [5.41, 5.74) is 0.491. The molecule has 2 heterocycles. The fourth-order valence-corrected chi connectivity index (χ4v) is 2.58. The molecule has 98 valence electrons. The zero-order chi connectivity index (χ0) is 12.4. The van der Waals surface area contributed by atoms with Crippen LogP contribution in [0.25, 0.3) is 0 Å². The van der Waals surface area contributed by atoms with Crippen LogP contribution in [0.1, 0.15) is 18.4 Å². The SMILES string of the molecule is OC1(Cc2ccc3c(c2)OCCCO3)CCNC1. The summed E-state index contributed by atoms with van der Waals surface area (Å²) in [6, 6.07) is 5.96. The third-order valence-corrected chi connectivity index (χ3v) is 3.57. The van der Waals surface area contributed by atoms with Crippen molar-refractivity contribution in [3.8, 4) is 11.5 Å². The molecule has 0 saturated carbocycles. The van der Waals surface area contributed by atoms with Crippen molar-refractivity contribution < 1.29 is 14.6 Å². The van der Waals surface area contributed by atoms with E-state index >= 15 is 0 Å². The highest BCUT2D eigenvalue weighted by Crippen LogP contribution is 2.32. The maximum Gasteiger partial charge on any atom is 0.161 e. The molecule has 0 aromatic heterocycles.